The minimum Gasteiger partial charge on any atom is -0.391 e. The maximum absolute atomic E-state index is 5.74. The lowest BCUT2D eigenvalue weighted by atomic mass is 9.99. The van der Waals surface area contributed by atoms with Gasteiger partial charge in [-0.2, -0.15) is 0 Å². The van der Waals surface area contributed by atoms with Crippen molar-refractivity contribution in [1.29, 1.82) is 0 Å². The monoisotopic (exact) mass is 401 g/mol. The zero-order valence-electron chi connectivity index (χ0n) is 17.0. The summed E-state index contributed by atoms with van der Waals surface area (Å²) in [6.07, 6.45) is 1.87. The van der Waals surface area contributed by atoms with E-state index in [-0.39, 0.29) is 0 Å². The molecule has 0 aromatic heterocycles. The Bertz CT molecular complexity index is 893. The van der Waals surface area contributed by atoms with Gasteiger partial charge in [-0.15, -0.1) is 11.8 Å². The van der Waals surface area contributed by atoms with E-state index in [1.807, 2.05) is 30.0 Å². The summed E-state index contributed by atoms with van der Waals surface area (Å²) in [6, 6.07) is 28.1. The lowest BCUT2D eigenvalue weighted by Crippen LogP contribution is -2.17. The largest absolute Gasteiger partial charge is 0.391 e. The third kappa shape index (κ3) is 5.30. The zero-order valence-corrected chi connectivity index (χ0v) is 17.9. The van der Waals surface area contributed by atoms with E-state index in [2.05, 4.69) is 79.7 Å². The number of aryl methyl sites for hydroxylation is 2. The van der Waals surface area contributed by atoms with Crippen molar-refractivity contribution in [3.8, 4) is 0 Å². The van der Waals surface area contributed by atoms with Crippen molar-refractivity contribution in [2.45, 2.75) is 43.8 Å². The van der Waals surface area contributed by atoms with Crippen LogP contribution in [-0.4, -0.2) is 5.71 Å². The van der Waals surface area contributed by atoms with Crippen molar-refractivity contribution in [2.24, 2.45) is 5.16 Å². The molecule has 0 radical (unpaired) electrons. The molecule has 0 N–H and O–H groups in total. The SMILES string of the molecule is Cc1ccc([C@@H]2CC(=NOCc3ccccc3)C[C@H](c3ccc(C)cc3)S2)cc1. The average molecular weight is 402 g/mol. The quantitative estimate of drug-likeness (QED) is 0.422. The second-order valence-corrected chi connectivity index (χ2v) is 9.17. The zero-order chi connectivity index (χ0) is 20.1. The van der Waals surface area contributed by atoms with Gasteiger partial charge < -0.3 is 4.84 Å². The highest BCUT2D eigenvalue weighted by atomic mass is 32.2. The van der Waals surface area contributed by atoms with Gasteiger partial charge >= 0.3 is 0 Å². The van der Waals surface area contributed by atoms with E-state index in [9.17, 15) is 0 Å². The first-order valence-corrected chi connectivity index (χ1v) is 11.1. The summed E-state index contributed by atoms with van der Waals surface area (Å²) in [5.41, 5.74) is 7.62. The van der Waals surface area contributed by atoms with Gasteiger partial charge in [0, 0.05) is 23.3 Å². The van der Waals surface area contributed by atoms with E-state index in [1.165, 1.54) is 22.3 Å². The Labute approximate surface area is 178 Å². The average Bonchev–Trinajstić information content (AvgIpc) is 2.75. The molecule has 2 atom stereocenters. The van der Waals surface area contributed by atoms with Crippen molar-refractivity contribution < 1.29 is 4.84 Å². The molecule has 1 saturated heterocycles. The van der Waals surface area contributed by atoms with Crippen LogP contribution in [0.5, 0.6) is 0 Å². The van der Waals surface area contributed by atoms with Gasteiger partial charge in [-0.3, -0.25) is 0 Å². The van der Waals surface area contributed by atoms with Crippen molar-refractivity contribution in [2.75, 3.05) is 0 Å². The minimum absolute atomic E-state index is 0.398. The molecule has 0 bridgehead atoms. The highest BCUT2D eigenvalue weighted by Gasteiger charge is 2.29. The van der Waals surface area contributed by atoms with Crippen LogP contribution in [0.15, 0.2) is 84.0 Å². The molecule has 0 spiro atoms. The smallest absolute Gasteiger partial charge is 0.142 e. The van der Waals surface area contributed by atoms with Crippen LogP contribution >= 0.6 is 11.8 Å². The van der Waals surface area contributed by atoms with Crippen LogP contribution in [0.2, 0.25) is 0 Å². The van der Waals surface area contributed by atoms with Crippen molar-refractivity contribution in [3.05, 3.63) is 107 Å². The maximum atomic E-state index is 5.74. The first kappa shape index (κ1) is 19.8. The van der Waals surface area contributed by atoms with E-state index in [0.717, 1.165) is 24.1 Å². The van der Waals surface area contributed by atoms with Crippen molar-refractivity contribution in [1.82, 2.24) is 0 Å². The first-order chi connectivity index (χ1) is 14.2. The molecule has 3 aromatic carbocycles. The third-order valence-electron chi connectivity index (χ3n) is 5.34. The Hall–Kier alpha value is -2.52. The van der Waals surface area contributed by atoms with E-state index < -0.39 is 0 Å². The second-order valence-electron chi connectivity index (χ2n) is 7.76. The van der Waals surface area contributed by atoms with E-state index in [1.54, 1.807) is 0 Å². The normalized spacial score (nSPS) is 20.6. The predicted molar refractivity (Wildman–Crippen MR) is 123 cm³/mol. The Morgan fingerprint density at radius 2 is 1.28 bits per heavy atom. The molecule has 1 heterocycles. The molecule has 1 aliphatic heterocycles. The summed E-state index contributed by atoms with van der Waals surface area (Å²) in [7, 11) is 0. The van der Waals surface area contributed by atoms with Gasteiger partial charge in [0.25, 0.3) is 0 Å². The Balaban J connectivity index is 1.53. The van der Waals surface area contributed by atoms with Gasteiger partial charge in [0.05, 0.1) is 5.71 Å². The van der Waals surface area contributed by atoms with Crippen LogP contribution < -0.4 is 0 Å². The van der Waals surface area contributed by atoms with E-state index in [0.29, 0.717) is 17.1 Å². The standard InChI is InChI=1S/C26H27NOS/c1-19-8-12-22(13-9-19)25-16-24(27-28-18-21-6-4-3-5-7-21)17-26(29-25)23-14-10-20(2)11-15-23/h3-15,25-26H,16-18H2,1-2H3/t25-,26+. The van der Waals surface area contributed by atoms with Gasteiger partial charge in [-0.25, -0.2) is 0 Å². The van der Waals surface area contributed by atoms with Gasteiger partial charge in [0.2, 0.25) is 0 Å². The summed E-state index contributed by atoms with van der Waals surface area (Å²) in [4.78, 5) is 5.74. The van der Waals surface area contributed by atoms with Crippen molar-refractivity contribution in [3.63, 3.8) is 0 Å². The molecule has 0 saturated carbocycles. The number of nitrogens with zero attached hydrogens (tertiary/aromatic N) is 1. The number of hydrogen-bond acceptors (Lipinski definition) is 3. The number of rotatable bonds is 5. The predicted octanol–water partition coefficient (Wildman–Crippen LogP) is 7.19. The van der Waals surface area contributed by atoms with E-state index in [4.69, 9.17) is 4.84 Å². The van der Waals surface area contributed by atoms with Crippen LogP contribution in [0.1, 0.15) is 51.2 Å². The van der Waals surface area contributed by atoms with Crippen LogP contribution in [0.3, 0.4) is 0 Å². The fourth-order valence-electron chi connectivity index (χ4n) is 3.61. The number of hydrogen-bond donors (Lipinski definition) is 0. The van der Waals surface area contributed by atoms with Gasteiger partial charge in [0.15, 0.2) is 0 Å². The molecular weight excluding hydrogens is 374 g/mol. The molecule has 0 unspecified atom stereocenters. The molecule has 0 amide bonds. The molecule has 0 aliphatic carbocycles. The van der Waals surface area contributed by atoms with Crippen LogP contribution in [0, 0.1) is 13.8 Å². The molecule has 1 fully saturated rings. The molecule has 29 heavy (non-hydrogen) atoms. The molecule has 4 rings (SSSR count). The number of benzene rings is 3. The Morgan fingerprint density at radius 3 is 1.79 bits per heavy atom. The molecule has 2 nitrogen and oxygen atoms in total. The topological polar surface area (TPSA) is 21.6 Å². The Morgan fingerprint density at radius 1 is 0.759 bits per heavy atom. The minimum atomic E-state index is 0.398. The third-order valence-corrected chi connectivity index (χ3v) is 6.87. The molecule has 1 aliphatic rings. The summed E-state index contributed by atoms with van der Waals surface area (Å²) >= 11 is 2.05. The van der Waals surface area contributed by atoms with Gasteiger partial charge in [-0.1, -0.05) is 95.1 Å². The maximum Gasteiger partial charge on any atom is 0.142 e. The fraction of sp³-hybridized carbons (Fsp3) is 0.269. The molecular formula is C26H27NOS. The summed E-state index contributed by atoms with van der Waals surface area (Å²) < 4.78 is 0. The molecule has 148 valence electrons. The lowest BCUT2D eigenvalue weighted by molar-refractivity contribution is 0.129. The number of thioether (sulfide) groups is 1. The van der Waals surface area contributed by atoms with E-state index >= 15 is 0 Å². The summed E-state index contributed by atoms with van der Waals surface area (Å²) in [5, 5.41) is 5.36. The highest BCUT2D eigenvalue weighted by Crippen LogP contribution is 2.49. The molecule has 3 heteroatoms. The highest BCUT2D eigenvalue weighted by molar-refractivity contribution is 7.99. The van der Waals surface area contributed by atoms with Gasteiger partial charge in [0.1, 0.15) is 6.61 Å². The second kappa shape index (κ2) is 9.32. The van der Waals surface area contributed by atoms with Crippen LogP contribution in [-0.2, 0) is 11.4 Å². The molecule has 3 aromatic rings. The summed E-state index contributed by atoms with van der Waals surface area (Å²) in [5.74, 6) is 0. The van der Waals surface area contributed by atoms with Crippen molar-refractivity contribution >= 4 is 17.5 Å². The summed E-state index contributed by atoms with van der Waals surface area (Å²) in [6.45, 7) is 4.79. The first-order valence-electron chi connectivity index (χ1n) is 10.2. The fourth-order valence-corrected chi connectivity index (χ4v) is 5.21. The number of oxime groups is 1. The van der Waals surface area contributed by atoms with Crippen LogP contribution in [0.25, 0.3) is 0 Å². The lowest BCUT2D eigenvalue weighted by Gasteiger charge is -2.30. The van der Waals surface area contributed by atoms with Crippen LogP contribution in [0.4, 0.5) is 0 Å². The van der Waals surface area contributed by atoms with Gasteiger partial charge in [-0.05, 0) is 30.5 Å². The Kier molecular flexibility index (Phi) is 6.36.